The summed E-state index contributed by atoms with van der Waals surface area (Å²) in [5.74, 6) is -0.521. The van der Waals surface area contributed by atoms with Crippen molar-refractivity contribution in [2.45, 2.75) is 3.79 Å². The molecule has 0 unspecified atom stereocenters. The van der Waals surface area contributed by atoms with Crippen LogP contribution in [0.1, 0.15) is 10.4 Å². The Bertz CT molecular complexity index is 278. The molecule has 0 aliphatic heterocycles. The van der Waals surface area contributed by atoms with E-state index >= 15 is 0 Å². The molecule has 0 radical (unpaired) electrons. The molecule has 0 spiro atoms. The number of hydrogen-bond acceptors (Lipinski definition) is 2. The Morgan fingerprint density at radius 3 is 2.69 bits per heavy atom. The molecule has 0 amide bonds. The summed E-state index contributed by atoms with van der Waals surface area (Å²) in [6, 6.07) is 1.57. The highest BCUT2D eigenvalue weighted by Crippen LogP contribution is 2.26. The second-order valence-electron chi connectivity index (χ2n) is 2.29. The SMILES string of the molecule is O=C(OCC(Cl)(Cl)Cl)c1cc[nH]c1. The van der Waals surface area contributed by atoms with Crippen molar-refractivity contribution in [3.63, 3.8) is 0 Å². The molecule has 0 aliphatic carbocycles. The number of aromatic amines is 1. The Kier molecular flexibility index (Phi) is 3.47. The quantitative estimate of drug-likeness (QED) is 0.640. The first-order chi connectivity index (χ1) is 5.99. The van der Waals surface area contributed by atoms with Gasteiger partial charge < -0.3 is 9.72 Å². The van der Waals surface area contributed by atoms with Gasteiger partial charge in [-0.2, -0.15) is 0 Å². The number of ether oxygens (including phenoxy) is 1. The first-order valence-electron chi connectivity index (χ1n) is 3.36. The molecule has 0 aromatic carbocycles. The lowest BCUT2D eigenvalue weighted by molar-refractivity contribution is 0.0512. The van der Waals surface area contributed by atoms with Crippen LogP contribution in [0.2, 0.25) is 0 Å². The molecule has 0 atom stereocenters. The lowest BCUT2D eigenvalue weighted by atomic mass is 10.3. The van der Waals surface area contributed by atoms with Crippen molar-refractivity contribution in [1.29, 1.82) is 0 Å². The number of nitrogens with one attached hydrogen (secondary N) is 1. The third kappa shape index (κ3) is 3.89. The lowest BCUT2D eigenvalue weighted by Gasteiger charge is -2.10. The molecule has 1 aromatic heterocycles. The second-order valence-corrected chi connectivity index (χ2v) is 4.81. The molecule has 1 aromatic rings. The Morgan fingerprint density at radius 2 is 2.23 bits per heavy atom. The molecular weight excluding hydrogens is 236 g/mol. The molecular formula is C7H6Cl3NO2. The van der Waals surface area contributed by atoms with E-state index in [1.807, 2.05) is 0 Å². The lowest BCUT2D eigenvalue weighted by Crippen LogP contribution is -2.16. The van der Waals surface area contributed by atoms with E-state index in [1.54, 1.807) is 12.3 Å². The molecule has 0 bridgehead atoms. The number of halogens is 3. The number of H-pyrrole nitrogens is 1. The predicted molar refractivity (Wildman–Crippen MR) is 51.4 cm³/mol. The van der Waals surface area contributed by atoms with Crippen LogP contribution in [0.15, 0.2) is 18.5 Å². The van der Waals surface area contributed by atoms with Crippen LogP contribution < -0.4 is 0 Å². The standard InChI is InChI=1S/C7H6Cl3NO2/c8-7(9,10)4-13-6(12)5-1-2-11-3-5/h1-3,11H,4H2. The Hall–Kier alpha value is -0.380. The van der Waals surface area contributed by atoms with Crippen LogP contribution in [0, 0.1) is 0 Å². The van der Waals surface area contributed by atoms with Gasteiger partial charge in [-0.1, -0.05) is 34.8 Å². The summed E-state index contributed by atoms with van der Waals surface area (Å²) in [5.41, 5.74) is 0.397. The molecule has 6 heteroatoms. The van der Waals surface area contributed by atoms with Crippen molar-refractivity contribution in [2.75, 3.05) is 6.61 Å². The van der Waals surface area contributed by atoms with Crippen LogP contribution >= 0.6 is 34.8 Å². The normalized spacial score (nSPS) is 11.3. The average molecular weight is 242 g/mol. The van der Waals surface area contributed by atoms with Crippen LogP contribution in [0.5, 0.6) is 0 Å². The molecule has 0 saturated heterocycles. The summed E-state index contributed by atoms with van der Waals surface area (Å²) in [6.07, 6.45) is 3.10. The van der Waals surface area contributed by atoms with Gasteiger partial charge in [0.05, 0.1) is 5.56 Å². The third-order valence-corrected chi connectivity index (χ3v) is 1.53. The maximum Gasteiger partial charge on any atom is 0.339 e. The van der Waals surface area contributed by atoms with E-state index in [9.17, 15) is 4.79 Å². The topological polar surface area (TPSA) is 42.1 Å². The molecule has 1 rings (SSSR count). The van der Waals surface area contributed by atoms with Crippen molar-refractivity contribution < 1.29 is 9.53 Å². The number of esters is 1. The number of carbonyl (C=O) groups is 1. The zero-order valence-corrected chi connectivity index (χ0v) is 8.66. The first kappa shape index (κ1) is 10.7. The Labute approximate surface area is 89.9 Å². The van der Waals surface area contributed by atoms with Gasteiger partial charge in [-0.15, -0.1) is 0 Å². The second kappa shape index (κ2) is 4.22. The molecule has 1 heterocycles. The monoisotopic (exact) mass is 241 g/mol. The van der Waals surface area contributed by atoms with Gasteiger partial charge >= 0.3 is 5.97 Å². The number of rotatable bonds is 2. The fraction of sp³-hybridized carbons (Fsp3) is 0.286. The van der Waals surface area contributed by atoms with Crippen molar-refractivity contribution in [2.24, 2.45) is 0 Å². The highest BCUT2D eigenvalue weighted by Gasteiger charge is 2.22. The van der Waals surface area contributed by atoms with Gasteiger partial charge in [-0.05, 0) is 6.07 Å². The fourth-order valence-corrected chi connectivity index (χ4v) is 0.845. The third-order valence-electron chi connectivity index (χ3n) is 1.20. The summed E-state index contributed by atoms with van der Waals surface area (Å²) >= 11 is 16.2. The molecule has 0 fully saturated rings. The van der Waals surface area contributed by atoms with Crippen molar-refractivity contribution >= 4 is 40.8 Å². The summed E-state index contributed by atoms with van der Waals surface area (Å²) in [4.78, 5) is 13.8. The fourth-order valence-electron chi connectivity index (χ4n) is 0.682. The maximum absolute atomic E-state index is 11.1. The minimum absolute atomic E-state index is 0.262. The van der Waals surface area contributed by atoms with Gasteiger partial charge in [0, 0.05) is 12.4 Å². The molecule has 13 heavy (non-hydrogen) atoms. The highest BCUT2D eigenvalue weighted by atomic mass is 35.6. The van der Waals surface area contributed by atoms with Crippen LogP contribution in [0.4, 0.5) is 0 Å². The maximum atomic E-state index is 11.1. The van der Waals surface area contributed by atoms with Gasteiger partial charge in [0.15, 0.2) is 0 Å². The highest BCUT2D eigenvalue weighted by molar-refractivity contribution is 6.67. The Balaban J connectivity index is 2.44. The predicted octanol–water partition coefficient (Wildman–Crippen LogP) is 2.54. The van der Waals surface area contributed by atoms with E-state index in [-0.39, 0.29) is 6.61 Å². The molecule has 1 N–H and O–H groups in total. The van der Waals surface area contributed by atoms with Gasteiger partial charge in [-0.3, -0.25) is 0 Å². The van der Waals surface area contributed by atoms with Gasteiger partial charge in [-0.25, -0.2) is 4.79 Å². The van der Waals surface area contributed by atoms with Crippen molar-refractivity contribution in [1.82, 2.24) is 4.98 Å². The van der Waals surface area contributed by atoms with Gasteiger partial charge in [0.25, 0.3) is 0 Å². The van der Waals surface area contributed by atoms with Gasteiger partial charge in [0.2, 0.25) is 3.79 Å². The van der Waals surface area contributed by atoms with E-state index in [2.05, 4.69) is 4.98 Å². The smallest absolute Gasteiger partial charge is 0.339 e. The van der Waals surface area contributed by atoms with E-state index in [1.165, 1.54) is 6.20 Å². The van der Waals surface area contributed by atoms with Crippen LogP contribution in [0.25, 0.3) is 0 Å². The number of alkyl halides is 3. The summed E-state index contributed by atoms with van der Waals surface area (Å²) in [5, 5.41) is 0. The van der Waals surface area contributed by atoms with Crippen LogP contribution in [-0.4, -0.2) is 21.4 Å². The van der Waals surface area contributed by atoms with Crippen molar-refractivity contribution in [3.8, 4) is 0 Å². The van der Waals surface area contributed by atoms with Gasteiger partial charge in [0.1, 0.15) is 6.61 Å². The molecule has 0 aliphatic rings. The first-order valence-corrected chi connectivity index (χ1v) is 4.49. The molecule has 3 nitrogen and oxygen atoms in total. The average Bonchev–Trinajstić information content (AvgIpc) is 2.50. The zero-order valence-electron chi connectivity index (χ0n) is 6.39. The Morgan fingerprint density at radius 1 is 1.54 bits per heavy atom. The summed E-state index contributed by atoms with van der Waals surface area (Å²) < 4.78 is 3.13. The van der Waals surface area contributed by atoms with Crippen molar-refractivity contribution in [3.05, 3.63) is 24.0 Å². The summed E-state index contributed by atoms with van der Waals surface area (Å²) in [6.45, 7) is -0.262. The number of aromatic nitrogens is 1. The van der Waals surface area contributed by atoms with E-state index in [4.69, 9.17) is 39.5 Å². The minimum Gasteiger partial charge on any atom is -0.457 e. The zero-order chi connectivity index (χ0) is 9.90. The number of hydrogen-bond donors (Lipinski definition) is 1. The van der Waals surface area contributed by atoms with Crippen LogP contribution in [-0.2, 0) is 4.74 Å². The minimum atomic E-state index is -1.56. The summed E-state index contributed by atoms with van der Waals surface area (Å²) in [7, 11) is 0. The number of carbonyl (C=O) groups excluding carboxylic acids is 1. The van der Waals surface area contributed by atoms with Crippen LogP contribution in [0.3, 0.4) is 0 Å². The van der Waals surface area contributed by atoms with E-state index < -0.39 is 9.76 Å². The van der Waals surface area contributed by atoms with E-state index in [0.717, 1.165) is 0 Å². The largest absolute Gasteiger partial charge is 0.457 e. The molecule has 72 valence electrons. The van der Waals surface area contributed by atoms with E-state index in [0.29, 0.717) is 5.56 Å². The molecule has 0 saturated carbocycles.